The molecule has 0 amide bonds. The minimum atomic E-state index is -2.94. The number of ether oxygens (including phenoxy) is 2. The summed E-state index contributed by atoms with van der Waals surface area (Å²) in [7, 11) is 1.36. The first-order valence-corrected chi connectivity index (χ1v) is 5.38. The Labute approximate surface area is 107 Å². The minimum absolute atomic E-state index is 0.0787. The first-order chi connectivity index (χ1) is 9.11. The van der Waals surface area contributed by atoms with Crippen molar-refractivity contribution < 1.29 is 22.7 Å². The normalized spacial score (nSPS) is 12.5. The number of hydrogen-bond donors (Lipinski definition) is 1. The highest BCUT2D eigenvalue weighted by Gasteiger charge is 2.17. The summed E-state index contributed by atoms with van der Waals surface area (Å²) in [6, 6.07) is 3.92. The number of nitrogens with two attached hydrogens (primary N) is 1. The second-order valence-electron chi connectivity index (χ2n) is 3.67. The third-order valence-corrected chi connectivity index (χ3v) is 2.52. The fraction of sp³-hybridized carbons (Fsp3) is 0.250. The molecule has 0 spiro atoms. The van der Waals surface area contributed by atoms with Gasteiger partial charge in [-0.15, -0.1) is 0 Å². The van der Waals surface area contributed by atoms with Crippen LogP contribution in [-0.2, 0) is 0 Å². The molecule has 0 bridgehead atoms. The van der Waals surface area contributed by atoms with Crippen LogP contribution in [0.2, 0.25) is 0 Å². The van der Waals surface area contributed by atoms with Gasteiger partial charge in [-0.25, -0.2) is 4.98 Å². The van der Waals surface area contributed by atoms with Gasteiger partial charge in [-0.3, -0.25) is 0 Å². The van der Waals surface area contributed by atoms with Gasteiger partial charge < -0.3 is 19.6 Å². The van der Waals surface area contributed by atoms with E-state index < -0.39 is 12.7 Å². The van der Waals surface area contributed by atoms with Crippen LogP contribution in [0, 0.1) is 0 Å². The lowest BCUT2D eigenvalue weighted by Gasteiger charge is -2.14. The van der Waals surface area contributed by atoms with Gasteiger partial charge in [0.15, 0.2) is 17.9 Å². The zero-order valence-corrected chi connectivity index (χ0v) is 10.0. The maximum absolute atomic E-state index is 12.3. The van der Waals surface area contributed by atoms with Crippen molar-refractivity contribution in [2.75, 3.05) is 7.11 Å². The Hall–Kier alpha value is -2.15. The molecule has 1 heterocycles. The van der Waals surface area contributed by atoms with Crippen molar-refractivity contribution in [3.8, 4) is 11.5 Å². The third-order valence-electron chi connectivity index (χ3n) is 2.52. The van der Waals surface area contributed by atoms with E-state index in [9.17, 15) is 8.78 Å². The summed E-state index contributed by atoms with van der Waals surface area (Å²) in [5.41, 5.74) is 6.48. The Morgan fingerprint density at radius 3 is 2.68 bits per heavy atom. The second kappa shape index (κ2) is 5.66. The predicted molar refractivity (Wildman–Crippen MR) is 62.2 cm³/mol. The van der Waals surface area contributed by atoms with Gasteiger partial charge in [0.25, 0.3) is 0 Å². The van der Waals surface area contributed by atoms with E-state index in [1.807, 2.05) is 0 Å². The summed E-state index contributed by atoms with van der Waals surface area (Å²) in [5.74, 6) is 0.548. The van der Waals surface area contributed by atoms with Gasteiger partial charge in [0.05, 0.1) is 19.3 Å². The summed E-state index contributed by atoms with van der Waals surface area (Å²) in [6.45, 7) is -2.94. The molecule has 0 saturated heterocycles. The largest absolute Gasteiger partial charge is 0.493 e. The zero-order chi connectivity index (χ0) is 13.8. The Balaban J connectivity index is 2.31. The van der Waals surface area contributed by atoms with Gasteiger partial charge in [-0.05, 0) is 17.7 Å². The van der Waals surface area contributed by atoms with E-state index in [4.69, 9.17) is 14.9 Å². The van der Waals surface area contributed by atoms with Gasteiger partial charge in [0.1, 0.15) is 5.76 Å². The average Bonchev–Trinajstić information content (AvgIpc) is 2.91. The number of hydrogen-bond acceptors (Lipinski definition) is 5. The minimum Gasteiger partial charge on any atom is -0.493 e. The van der Waals surface area contributed by atoms with E-state index in [2.05, 4.69) is 9.72 Å². The lowest BCUT2D eigenvalue weighted by molar-refractivity contribution is -0.0512. The molecule has 1 atom stereocenters. The number of rotatable bonds is 5. The Morgan fingerprint density at radius 2 is 2.11 bits per heavy atom. The van der Waals surface area contributed by atoms with Gasteiger partial charge in [-0.1, -0.05) is 6.07 Å². The van der Waals surface area contributed by atoms with Crippen LogP contribution in [0.5, 0.6) is 11.5 Å². The molecule has 2 N–H and O–H groups in total. The van der Waals surface area contributed by atoms with E-state index in [0.717, 1.165) is 0 Å². The summed E-state index contributed by atoms with van der Waals surface area (Å²) < 4.78 is 39.0. The highest BCUT2D eigenvalue weighted by molar-refractivity contribution is 5.44. The maximum Gasteiger partial charge on any atom is 0.387 e. The molecule has 0 saturated carbocycles. The van der Waals surface area contributed by atoms with Crippen molar-refractivity contribution in [2.24, 2.45) is 5.73 Å². The molecule has 0 aliphatic heterocycles. The molecule has 1 aromatic carbocycles. The van der Waals surface area contributed by atoms with Gasteiger partial charge in [-0.2, -0.15) is 8.78 Å². The summed E-state index contributed by atoms with van der Waals surface area (Å²) in [6.07, 6.45) is 2.71. The quantitative estimate of drug-likeness (QED) is 0.902. The van der Waals surface area contributed by atoms with Crippen LogP contribution in [0.15, 0.2) is 35.2 Å². The molecule has 0 radical (unpaired) electrons. The fourth-order valence-electron chi connectivity index (χ4n) is 1.62. The maximum atomic E-state index is 12.3. The average molecular weight is 270 g/mol. The lowest BCUT2D eigenvalue weighted by Crippen LogP contribution is -2.12. The van der Waals surface area contributed by atoms with Crippen molar-refractivity contribution >= 4 is 0 Å². The monoisotopic (exact) mass is 270 g/mol. The molecular weight excluding hydrogens is 258 g/mol. The standard InChI is InChI=1S/C12H12F2N2O3/c1-17-8-3-2-7(4-9(8)19-12(13)14)11(15)10-5-16-6-18-10/h2-6,11-12H,15H2,1H3. The van der Waals surface area contributed by atoms with E-state index in [-0.39, 0.29) is 11.5 Å². The number of methoxy groups -OCH3 is 1. The number of alkyl halides is 2. The van der Waals surface area contributed by atoms with Crippen LogP contribution < -0.4 is 15.2 Å². The van der Waals surface area contributed by atoms with Gasteiger partial charge in [0, 0.05) is 0 Å². The molecule has 0 fully saturated rings. The fourth-order valence-corrected chi connectivity index (χ4v) is 1.62. The van der Waals surface area contributed by atoms with Gasteiger partial charge >= 0.3 is 6.61 Å². The molecular formula is C12H12F2N2O3. The van der Waals surface area contributed by atoms with Gasteiger partial charge in [0.2, 0.25) is 0 Å². The zero-order valence-electron chi connectivity index (χ0n) is 10.0. The van der Waals surface area contributed by atoms with Crippen LogP contribution >= 0.6 is 0 Å². The van der Waals surface area contributed by atoms with Crippen LogP contribution in [0.3, 0.4) is 0 Å². The number of halogens is 2. The van der Waals surface area contributed by atoms with Crippen LogP contribution in [0.4, 0.5) is 8.78 Å². The van der Waals surface area contributed by atoms with Crippen molar-refractivity contribution in [3.63, 3.8) is 0 Å². The molecule has 1 unspecified atom stereocenters. The molecule has 19 heavy (non-hydrogen) atoms. The number of aromatic nitrogens is 1. The Kier molecular flexibility index (Phi) is 3.96. The summed E-state index contributed by atoms with van der Waals surface area (Å²) >= 11 is 0. The number of benzene rings is 1. The third kappa shape index (κ3) is 3.00. The molecule has 1 aromatic heterocycles. The smallest absolute Gasteiger partial charge is 0.387 e. The molecule has 5 nitrogen and oxygen atoms in total. The number of oxazole rings is 1. The highest BCUT2D eigenvalue weighted by Crippen LogP contribution is 2.32. The topological polar surface area (TPSA) is 70.5 Å². The van der Waals surface area contributed by atoms with Crippen molar-refractivity contribution in [3.05, 3.63) is 42.1 Å². The second-order valence-corrected chi connectivity index (χ2v) is 3.67. The van der Waals surface area contributed by atoms with Crippen molar-refractivity contribution in [1.29, 1.82) is 0 Å². The molecule has 0 aliphatic rings. The van der Waals surface area contributed by atoms with Crippen molar-refractivity contribution in [2.45, 2.75) is 12.7 Å². The Bertz CT molecular complexity index is 532. The van der Waals surface area contributed by atoms with E-state index in [1.54, 1.807) is 6.07 Å². The van der Waals surface area contributed by atoms with Crippen LogP contribution in [-0.4, -0.2) is 18.7 Å². The molecule has 2 rings (SSSR count). The summed E-state index contributed by atoms with van der Waals surface area (Å²) in [5, 5.41) is 0. The molecule has 7 heteroatoms. The lowest BCUT2D eigenvalue weighted by atomic mass is 10.1. The molecule has 2 aromatic rings. The molecule has 0 aliphatic carbocycles. The Morgan fingerprint density at radius 1 is 1.32 bits per heavy atom. The van der Waals surface area contributed by atoms with Crippen molar-refractivity contribution in [1.82, 2.24) is 4.98 Å². The number of nitrogens with zero attached hydrogens (tertiary/aromatic N) is 1. The summed E-state index contributed by atoms with van der Waals surface area (Å²) in [4.78, 5) is 3.75. The molecule has 102 valence electrons. The van der Waals surface area contributed by atoms with E-state index in [1.165, 1.54) is 31.8 Å². The highest BCUT2D eigenvalue weighted by atomic mass is 19.3. The van der Waals surface area contributed by atoms with E-state index >= 15 is 0 Å². The van der Waals surface area contributed by atoms with Crippen LogP contribution in [0.1, 0.15) is 17.4 Å². The first kappa shape index (κ1) is 13.3. The predicted octanol–water partition coefficient (Wildman–Crippen LogP) is 2.33. The van der Waals surface area contributed by atoms with Crippen LogP contribution in [0.25, 0.3) is 0 Å². The SMILES string of the molecule is COc1ccc(C(N)c2cnco2)cc1OC(F)F. The first-order valence-electron chi connectivity index (χ1n) is 5.38. The van der Waals surface area contributed by atoms with E-state index in [0.29, 0.717) is 11.3 Å².